The van der Waals surface area contributed by atoms with Gasteiger partial charge in [0.05, 0.1) is 0 Å². The standard InChI is InChI=1S/C11H16ClN/c1-8-4-11(7-13-6-8)9(2)5-10(3)12/h4,6-7,9-10H,5H2,1-3H3. The number of hydrogen-bond donors (Lipinski definition) is 0. The smallest absolute Gasteiger partial charge is 0.0313 e. The maximum Gasteiger partial charge on any atom is 0.0313 e. The lowest BCUT2D eigenvalue weighted by Crippen LogP contribution is -2.01. The van der Waals surface area contributed by atoms with Gasteiger partial charge in [0.25, 0.3) is 0 Å². The van der Waals surface area contributed by atoms with Crippen molar-refractivity contribution in [2.45, 2.75) is 38.5 Å². The molecule has 0 aliphatic heterocycles. The average Bonchev–Trinajstić information content (AvgIpc) is 2.03. The molecule has 0 aromatic carbocycles. The van der Waals surface area contributed by atoms with Crippen LogP contribution in [-0.2, 0) is 0 Å². The Bertz CT molecular complexity index is 271. The summed E-state index contributed by atoms with van der Waals surface area (Å²) in [6.45, 7) is 6.28. The summed E-state index contributed by atoms with van der Waals surface area (Å²) < 4.78 is 0. The maximum atomic E-state index is 5.94. The Morgan fingerprint density at radius 3 is 2.62 bits per heavy atom. The molecule has 72 valence electrons. The van der Waals surface area contributed by atoms with Crippen molar-refractivity contribution in [3.63, 3.8) is 0 Å². The summed E-state index contributed by atoms with van der Waals surface area (Å²) in [5.41, 5.74) is 2.50. The molecule has 2 heteroatoms. The van der Waals surface area contributed by atoms with Crippen LogP contribution < -0.4 is 0 Å². The SMILES string of the molecule is Cc1cncc(C(C)CC(C)Cl)c1. The molecule has 2 atom stereocenters. The third-order valence-corrected chi connectivity index (χ3v) is 2.32. The molecule has 0 saturated heterocycles. The highest BCUT2D eigenvalue weighted by atomic mass is 35.5. The third-order valence-electron chi connectivity index (χ3n) is 2.14. The Balaban J connectivity index is 2.71. The largest absolute Gasteiger partial charge is 0.264 e. The van der Waals surface area contributed by atoms with Crippen LogP contribution in [-0.4, -0.2) is 10.4 Å². The molecule has 0 radical (unpaired) electrons. The number of nitrogens with zero attached hydrogens (tertiary/aromatic N) is 1. The van der Waals surface area contributed by atoms with E-state index in [1.54, 1.807) is 0 Å². The second-order valence-corrected chi connectivity index (χ2v) is 4.46. The number of rotatable bonds is 3. The number of halogens is 1. The summed E-state index contributed by atoms with van der Waals surface area (Å²) in [5, 5.41) is 0.232. The van der Waals surface area contributed by atoms with Gasteiger partial charge < -0.3 is 0 Å². The van der Waals surface area contributed by atoms with Crippen molar-refractivity contribution in [1.82, 2.24) is 4.98 Å². The van der Waals surface area contributed by atoms with Gasteiger partial charge in [-0.15, -0.1) is 11.6 Å². The van der Waals surface area contributed by atoms with Gasteiger partial charge in [-0.05, 0) is 37.3 Å². The molecule has 1 nitrogen and oxygen atoms in total. The maximum absolute atomic E-state index is 5.94. The molecule has 0 aliphatic rings. The van der Waals surface area contributed by atoms with Crippen LogP contribution in [0.3, 0.4) is 0 Å². The van der Waals surface area contributed by atoms with Crippen molar-refractivity contribution >= 4 is 11.6 Å². The van der Waals surface area contributed by atoms with E-state index in [4.69, 9.17) is 11.6 Å². The van der Waals surface area contributed by atoms with E-state index < -0.39 is 0 Å². The lowest BCUT2D eigenvalue weighted by molar-refractivity contribution is 0.667. The summed E-state index contributed by atoms with van der Waals surface area (Å²) in [5.74, 6) is 0.500. The second kappa shape index (κ2) is 4.61. The molecular formula is C11H16ClN. The number of aryl methyl sites for hydroxylation is 1. The highest BCUT2D eigenvalue weighted by Crippen LogP contribution is 2.22. The molecular weight excluding hydrogens is 182 g/mol. The fourth-order valence-corrected chi connectivity index (χ4v) is 1.74. The Morgan fingerprint density at radius 2 is 2.08 bits per heavy atom. The molecule has 2 unspecified atom stereocenters. The number of hydrogen-bond acceptors (Lipinski definition) is 1. The average molecular weight is 198 g/mol. The van der Waals surface area contributed by atoms with Crippen LogP contribution in [0.1, 0.15) is 37.3 Å². The van der Waals surface area contributed by atoms with Gasteiger partial charge in [-0.1, -0.05) is 13.0 Å². The Morgan fingerprint density at radius 1 is 1.38 bits per heavy atom. The molecule has 0 amide bonds. The zero-order chi connectivity index (χ0) is 9.84. The van der Waals surface area contributed by atoms with Gasteiger partial charge in [-0.25, -0.2) is 0 Å². The van der Waals surface area contributed by atoms with Gasteiger partial charge in [0, 0.05) is 17.8 Å². The summed E-state index contributed by atoms with van der Waals surface area (Å²) >= 11 is 5.94. The Hall–Kier alpha value is -0.560. The molecule has 1 rings (SSSR count). The molecule has 0 saturated carbocycles. The van der Waals surface area contributed by atoms with Crippen molar-refractivity contribution in [2.75, 3.05) is 0 Å². The Kier molecular flexibility index (Phi) is 3.73. The molecule has 13 heavy (non-hydrogen) atoms. The highest BCUT2D eigenvalue weighted by molar-refractivity contribution is 6.20. The topological polar surface area (TPSA) is 12.9 Å². The first-order valence-electron chi connectivity index (χ1n) is 4.65. The van der Waals surface area contributed by atoms with Crippen LogP contribution in [0.5, 0.6) is 0 Å². The zero-order valence-electron chi connectivity index (χ0n) is 8.42. The van der Waals surface area contributed by atoms with Crippen molar-refractivity contribution in [2.24, 2.45) is 0 Å². The van der Waals surface area contributed by atoms with E-state index in [0.29, 0.717) is 5.92 Å². The van der Waals surface area contributed by atoms with Gasteiger partial charge >= 0.3 is 0 Å². The van der Waals surface area contributed by atoms with E-state index in [9.17, 15) is 0 Å². The summed E-state index contributed by atoms with van der Waals surface area (Å²) in [6.07, 6.45) is 4.81. The molecule has 0 spiro atoms. The van der Waals surface area contributed by atoms with Gasteiger partial charge in [-0.3, -0.25) is 4.98 Å². The normalized spacial score (nSPS) is 15.4. The zero-order valence-corrected chi connectivity index (χ0v) is 9.17. The minimum atomic E-state index is 0.232. The summed E-state index contributed by atoms with van der Waals surface area (Å²) in [7, 11) is 0. The van der Waals surface area contributed by atoms with Gasteiger partial charge in [-0.2, -0.15) is 0 Å². The number of aromatic nitrogens is 1. The number of alkyl halides is 1. The van der Waals surface area contributed by atoms with Crippen LogP contribution in [0.15, 0.2) is 18.5 Å². The predicted molar refractivity (Wildman–Crippen MR) is 57.3 cm³/mol. The molecule has 1 aromatic rings. The monoisotopic (exact) mass is 197 g/mol. The van der Waals surface area contributed by atoms with Gasteiger partial charge in [0.2, 0.25) is 0 Å². The van der Waals surface area contributed by atoms with E-state index in [2.05, 4.69) is 24.9 Å². The molecule has 1 aromatic heterocycles. The summed E-state index contributed by atoms with van der Waals surface area (Å²) in [6, 6.07) is 2.18. The fraction of sp³-hybridized carbons (Fsp3) is 0.545. The van der Waals surface area contributed by atoms with E-state index in [0.717, 1.165) is 6.42 Å². The lowest BCUT2D eigenvalue weighted by Gasteiger charge is -2.12. The van der Waals surface area contributed by atoms with Gasteiger partial charge in [0.15, 0.2) is 0 Å². The Labute approximate surface area is 85.1 Å². The van der Waals surface area contributed by atoms with E-state index >= 15 is 0 Å². The minimum Gasteiger partial charge on any atom is -0.264 e. The first-order chi connectivity index (χ1) is 6.09. The predicted octanol–water partition coefficient (Wildman–Crippen LogP) is 3.51. The van der Waals surface area contributed by atoms with Crippen molar-refractivity contribution in [3.8, 4) is 0 Å². The highest BCUT2D eigenvalue weighted by Gasteiger charge is 2.08. The lowest BCUT2D eigenvalue weighted by atomic mass is 9.97. The van der Waals surface area contributed by atoms with E-state index in [-0.39, 0.29) is 5.38 Å². The van der Waals surface area contributed by atoms with Crippen molar-refractivity contribution in [3.05, 3.63) is 29.6 Å². The third kappa shape index (κ3) is 3.35. The van der Waals surface area contributed by atoms with E-state index in [1.807, 2.05) is 19.3 Å². The van der Waals surface area contributed by atoms with Crippen molar-refractivity contribution in [1.29, 1.82) is 0 Å². The van der Waals surface area contributed by atoms with Crippen LogP contribution in [0, 0.1) is 6.92 Å². The van der Waals surface area contributed by atoms with Crippen LogP contribution in [0.2, 0.25) is 0 Å². The van der Waals surface area contributed by atoms with Crippen molar-refractivity contribution < 1.29 is 0 Å². The number of pyridine rings is 1. The van der Waals surface area contributed by atoms with Crippen LogP contribution >= 0.6 is 11.6 Å². The molecule has 0 aliphatic carbocycles. The fourth-order valence-electron chi connectivity index (χ4n) is 1.47. The quantitative estimate of drug-likeness (QED) is 0.676. The molecule has 0 N–H and O–H groups in total. The molecule has 0 fully saturated rings. The van der Waals surface area contributed by atoms with Crippen LogP contribution in [0.25, 0.3) is 0 Å². The molecule has 1 heterocycles. The summed E-state index contributed by atoms with van der Waals surface area (Å²) in [4.78, 5) is 4.17. The first kappa shape index (κ1) is 10.5. The van der Waals surface area contributed by atoms with Gasteiger partial charge in [0.1, 0.15) is 0 Å². The molecule has 0 bridgehead atoms. The van der Waals surface area contributed by atoms with Crippen LogP contribution in [0.4, 0.5) is 0 Å². The second-order valence-electron chi connectivity index (χ2n) is 3.71. The van der Waals surface area contributed by atoms with E-state index in [1.165, 1.54) is 11.1 Å². The minimum absolute atomic E-state index is 0.232. The first-order valence-corrected chi connectivity index (χ1v) is 5.09.